The van der Waals surface area contributed by atoms with E-state index in [1.54, 1.807) is 36.0 Å². The summed E-state index contributed by atoms with van der Waals surface area (Å²) in [6, 6.07) is 6.01. The maximum atomic E-state index is 12.3. The molecule has 1 aromatic carbocycles. The Labute approximate surface area is 158 Å². The largest absolute Gasteiger partial charge is 0.467 e. The Bertz CT molecular complexity index is 605. The summed E-state index contributed by atoms with van der Waals surface area (Å²) in [5.41, 5.74) is 1.31. The molecule has 0 aromatic heterocycles. The minimum Gasteiger partial charge on any atom is -0.467 e. The fourth-order valence-electron chi connectivity index (χ4n) is 2.14. The van der Waals surface area contributed by atoms with Gasteiger partial charge in [0.15, 0.2) is 0 Å². The van der Waals surface area contributed by atoms with E-state index in [2.05, 4.69) is 16.0 Å². The summed E-state index contributed by atoms with van der Waals surface area (Å²) in [6.07, 6.45) is 2.44. The molecule has 0 aliphatic heterocycles. The van der Waals surface area contributed by atoms with Crippen LogP contribution >= 0.6 is 11.8 Å². The molecular weight excluding hydrogens is 354 g/mol. The number of hydrogen-bond donors (Lipinski definition) is 3. The summed E-state index contributed by atoms with van der Waals surface area (Å²) in [5, 5.41) is 8.18. The van der Waals surface area contributed by atoms with Crippen LogP contribution in [-0.4, -0.2) is 49.1 Å². The molecule has 26 heavy (non-hydrogen) atoms. The molecule has 0 fully saturated rings. The minimum absolute atomic E-state index is 0.0648. The number of thioether (sulfide) groups is 1. The number of urea groups is 1. The van der Waals surface area contributed by atoms with Crippen molar-refractivity contribution in [1.29, 1.82) is 0 Å². The van der Waals surface area contributed by atoms with Crippen molar-refractivity contribution in [2.24, 2.45) is 0 Å². The molecule has 1 rings (SSSR count). The van der Waals surface area contributed by atoms with Crippen molar-refractivity contribution in [3.63, 3.8) is 0 Å². The molecular formula is C18H27N3O4S. The van der Waals surface area contributed by atoms with Gasteiger partial charge in [-0.3, -0.25) is 4.79 Å². The smallest absolute Gasteiger partial charge is 0.328 e. The van der Waals surface area contributed by atoms with Crippen LogP contribution in [0, 0.1) is 0 Å². The quantitative estimate of drug-likeness (QED) is 0.568. The van der Waals surface area contributed by atoms with Gasteiger partial charge in [0.05, 0.1) is 7.11 Å². The molecule has 0 radical (unpaired) electrons. The number of esters is 1. The fourth-order valence-corrected chi connectivity index (χ4v) is 2.61. The lowest BCUT2D eigenvalue weighted by Gasteiger charge is -2.16. The highest BCUT2D eigenvalue weighted by molar-refractivity contribution is 7.98. The lowest BCUT2D eigenvalue weighted by Crippen LogP contribution is -2.42. The molecule has 0 unspecified atom stereocenters. The van der Waals surface area contributed by atoms with Crippen LogP contribution in [0.5, 0.6) is 0 Å². The van der Waals surface area contributed by atoms with Crippen molar-refractivity contribution in [3.8, 4) is 0 Å². The predicted octanol–water partition coefficient (Wildman–Crippen LogP) is 1.92. The topological polar surface area (TPSA) is 96.5 Å². The third kappa shape index (κ3) is 7.77. The molecule has 3 amide bonds. The van der Waals surface area contributed by atoms with Gasteiger partial charge in [0.25, 0.3) is 5.91 Å². The van der Waals surface area contributed by atoms with Gasteiger partial charge >= 0.3 is 12.0 Å². The summed E-state index contributed by atoms with van der Waals surface area (Å²) in [4.78, 5) is 35.7. The number of ether oxygens (including phenoxy) is 1. The van der Waals surface area contributed by atoms with Crippen molar-refractivity contribution in [1.82, 2.24) is 16.0 Å². The number of hydrogen-bond acceptors (Lipinski definition) is 5. The van der Waals surface area contributed by atoms with E-state index in [0.717, 1.165) is 11.3 Å². The number of nitrogens with one attached hydrogen (secondary N) is 3. The molecule has 3 N–H and O–H groups in total. The Hall–Kier alpha value is -2.22. The zero-order valence-corrected chi connectivity index (χ0v) is 16.4. The maximum absolute atomic E-state index is 12.3. The van der Waals surface area contributed by atoms with Gasteiger partial charge in [0.2, 0.25) is 0 Å². The highest BCUT2D eigenvalue weighted by Crippen LogP contribution is 2.07. The van der Waals surface area contributed by atoms with E-state index in [9.17, 15) is 14.4 Å². The minimum atomic E-state index is -0.666. The number of rotatable bonds is 9. The molecule has 144 valence electrons. The summed E-state index contributed by atoms with van der Waals surface area (Å²) in [6.45, 7) is 4.13. The highest BCUT2D eigenvalue weighted by Gasteiger charge is 2.21. The van der Waals surface area contributed by atoms with E-state index in [-0.39, 0.29) is 18.0 Å². The first-order valence-electron chi connectivity index (χ1n) is 8.38. The molecule has 0 saturated carbocycles. The molecule has 0 saturated heterocycles. The second kappa shape index (κ2) is 11.4. The van der Waals surface area contributed by atoms with Crippen molar-refractivity contribution < 1.29 is 19.1 Å². The van der Waals surface area contributed by atoms with Crippen LogP contribution in [0.15, 0.2) is 24.3 Å². The van der Waals surface area contributed by atoms with Crippen molar-refractivity contribution in [2.45, 2.75) is 38.9 Å². The number of amides is 3. The zero-order valence-electron chi connectivity index (χ0n) is 15.6. The first-order chi connectivity index (χ1) is 12.4. The van der Waals surface area contributed by atoms with E-state index < -0.39 is 12.0 Å². The molecule has 8 heteroatoms. The van der Waals surface area contributed by atoms with E-state index in [1.807, 2.05) is 20.1 Å². The van der Waals surface area contributed by atoms with E-state index >= 15 is 0 Å². The SMILES string of the molecule is COC(=O)[C@@H](CCSC)NC(=O)c1ccc(CNC(=O)NC(C)C)cc1. The lowest BCUT2D eigenvalue weighted by molar-refractivity contribution is -0.142. The average Bonchev–Trinajstić information content (AvgIpc) is 2.62. The number of carbonyl (C=O) groups excluding carboxylic acids is 3. The van der Waals surface area contributed by atoms with Crippen LogP contribution in [0.3, 0.4) is 0 Å². The Morgan fingerprint density at radius 2 is 1.77 bits per heavy atom. The molecule has 0 spiro atoms. The van der Waals surface area contributed by atoms with Gasteiger partial charge < -0.3 is 20.7 Å². The third-order valence-electron chi connectivity index (χ3n) is 3.49. The highest BCUT2D eigenvalue weighted by atomic mass is 32.2. The number of methoxy groups -OCH3 is 1. The fraction of sp³-hybridized carbons (Fsp3) is 0.500. The van der Waals surface area contributed by atoms with Crippen LogP contribution in [0.4, 0.5) is 4.79 Å². The van der Waals surface area contributed by atoms with Crippen LogP contribution < -0.4 is 16.0 Å². The second-order valence-electron chi connectivity index (χ2n) is 6.01. The van der Waals surface area contributed by atoms with Gasteiger partial charge in [0.1, 0.15) is 6.04 Å². The average molecular weight is 381 g/mol. The molecule has 0 heterocycles. The zero-order chi connectivity index (χ0) is 19.5. The normalized spacial score (nSPS) is 11.6. The van der Waals surface area contributed by atoms with Gasteiger partial charge in [0, 0.05) is 18.2 Å². The Morgan fingerprint density at radius 1 is 1.12 bits per heavy atom. The Balaban J connectivity index is 2.61. The van der Waals surface area contributed by atoms with Crippen LogP contribution in [0.1, 0.15) is 36.2 Å². The monoisotopic (exact) mass is 381 g/mol. The van der Waals surface area contributed by atoms with Gasteiger partial charge in [-0.15, -0.1) is 0 Å². The van der Waals surface area contributed by atoms with Gasteiger partial charge in [-0.05, 0) is 50.0 Å². The molecule has 0 bridgehead atoms. The first kappa shape index (κ1) is 21.8. The maximum Gasteiger partial charge on any atom is 0.328 e. The first-order valence-corrected chi connectivity index (χ1v) is 9.77. The summed E-state index contributed by atoms with van der Waals surface area (Å²) >= 11 is 1.60. The summed E-state index contributed by atoms with van der Waals surface area (Å²) in [5.74, 6) is -0.0498. The number of carbonyl (C=O) groups is 3. The van der Waals surface area contributed by atoms with Gasteiger partial charge in [-0.25, -0.2) is 9.59 Å². The number of benzene rings is 1. The van der Waals surface area contributed by atoms with Gasteiger partial charge in [-0.2, -0.15) is 11.8 Å². The molecule has 0 aliphatic rings. The van der Waals surface area contributed by atoms with E-state index in [1.165, 1.54) is 7.11 Å². The van der Waals surface area contributed by atoms with E-state index in [0.29, 0.717) is 18.5 Å². The molecule has 1 atom stereocenters. The Morgan fingerprint density at radius 3 is 2.31 bits per heavy atom. The molecule has 0 aliphatic carbocycles. The Kier molecular flexibility index (Phi) is 9.57. The molecule has 1 aromatic rings. The van der Waals surface area contributed by atoms with Crippen molar-refractivity contribution in [3.05, 3.63) is 35.4 Å². The van der Waals surface area contributed by atoms with Crippen LogP contribution in [0.25, 0.3) is 0 Å². The van der Waals surface area contributed by atoms with E-state index in [4.69, 9.17) is 4.74 Å². The lowest BCUT2D eigenvalue weighted by atomic mass is 10.1. The standard InChI is InChI=1S/C18H27N3O4S/c1-12(2)20-18(24)19-11-13-5-7-14(8-6-13)16(22)21-15(9-10-26-4)17(23)25-3/h5-8,12,15H,9-11H2,1-4H3,(H,21,22)(H2,19,20,24)/t15-/m1/s1. The second-order valence-corrected chi connectivity index (χ2v) is 6.99. The summed E-state index contributed by atoms with van der Waals surface area (Å²) < 4.78 is 4.74. The van der Waals surface area contributed by atoms with Crippen LogP contribution in [-0.2, 0) is 16.1 Å². The van der Waals surface area contributed by atoms with Crippen molar-refractivity contribution in [2.75, 3.05) is 19.1 Å². The third-order valence-corrected chi connectivity index (χ3v) is 4.13. The summed E-state index contributed by atoms with van der Waals surface area (Å²) in [7, 11) is 1.30. The van der Waals surface area contributed by atoms with Crippen LogP contribution in [0.2, 0.25) is 0 Å². The predicted molar refractivity (Wildman–Crippen MR) is 103 cm³/mol. The molecule has 7 nitrogen and oxygen atoms in total. The van der Waals surface area contributed by atoms with Crippen molar-refractivity contribution >= 4 is 29.7 Å². The van der Waals surface area contributed by atoms with Gasteiger partial charge in [-0.1, -0.05) is 12.1 Å².